The molecule has 0 saturated heterocycles. The van der Waals surface area contributed by atoms with Crippen LogP contribution < -0.4 is 0 Å². The SMILES string of the molecule is N#Cc1cc(F)cc(C(=O)CBr)c1O. The summed E-state index contributed by atoms with van der Waals surface area (Å²) in [5, 5.41) is 17.9. The van der Waals surface area contributed by atoms with E-state index >= 15 is 0 Å². The molecule has 5 heteroatoms. The molecule has 72 valence electrons. The molecule has 3 nitrogen and oxygen atoms in total. The van der Waals surface area contributed by atoms with Crippen LogP contribution in [0, 0.1) is 17.1 Å². The van der Waals surface area contributed by atoms with Crippen LogP contribution in [0.2, 0.25) is 0 Å². The first-order valence-electron chi connectivity index (χ1n) is 3.62. The van der Waals surface area contributed by atoms with E-state index in [4.69, 9.17) is 5.26 Å². The first kappa shape index (κ1) is 10.7. The topological polar surface area (TPSA) is 61.1 Å². The van der Waals surface area contributed by atoms with Gasteiger partial charge in [-0.05, 0) is 12.1 Å². The number of carbonyl (C=O) groups excluding carboxylic acids is 1. The third kappa shape index (κ3) is 1.91. The lowest BCUT2D eigenvalue weighted by atomic mass is 10.1. The van der Waals surface area contributed by atoms with Crippen molar-refractivity contribution in [3.05, 3.63) is 29.1 Å². The first-order valence-corrected chi connectivity index (χ1v) is 4.74. The number of Topliss-reactive ketones (excluding diaryl/α,β-unsaturated/α-hetero) is 1. The van der Waals surface area contributed by atoms with Crippen LogP contribution in [-0.2, 0) is 0 Å². The van der Waals surface area contributed by atoms with Crippen LogP contribution in [-0.4, -0.2) is 16.2 Å². The average Bonchev–Trinajstić information content (AvgIpc) is 2.19. The Hall–Kier alpha value is -1.41. The van der Waals surface area contributed by atoms with Crippen molar-refractivity contribution in [1.29, 1.82) is 5.26 Å². The van der Waals surface area contributed by atoms with E-state index in [1.807, 2.05) is 0 Å². The van der Waals surface area contributed by atoms with E-state index in [1.54, 1.807) is 6.07 Å². The van der Waals surface area contributed by atoms with Gasteiger partial charge in [-0.2, -0.15) is 5.26 Å². The Balaban J connectivity index is 3.38. The zero-order chi connectivity index (χ0) is 10.7. The molecule has 0 atom stereocenters. The summed E-state index contributed by atoms with van der Waals surface area (Å²) in [6, 6.07) is 3.38. The minimum absolute atomic E-state index is 0.0329. The Morgan fingerprint density at radius 3 is 2.79 bits per heavy atom. The summed E-state index contributed by atoms with van der Waals surface area (Å²) in [4.78, 5) is 11.2. The third-order valence-corrected chi connectivity index (χ3v) is 2.13. The Bertz CT molecular complexity index is 426. The Kier molecular flexibility index (Phi) is 3.20. The smallest absolute Gasteiger partial charge is 0.177 e. The van der Waals surface area contributed by atoms with Crippen LogP contribution in [0.1, 0.15) is 15.9 Å². The van der Waals surface area contributed by atoms with Crippen LogP contribution in [0.15, 0.2) is 12.1 Å². The van der Waals surface area contributed by atoms with Crippen LogP contribution in [0.5, 0.6) is 5.75 Å². The number of benzene rings is 1. The number of hydrogen-bond acceptors (Lipinski definition) is 3. The Morgan fingerprint density at radius 2 is 2.29 bits per heavy atom. The van der Waals surface area contributed by atoms with E-state index in [2.05, 4.69) is 15.9 Å². The number of aromatic hydroxyl groups is 1. The lowest BCUT2D eigenvalue weighted by Crippen LogP contribution is -2.02. The predicted molar refractivity (Wildman–Crippen MR) is 50.9 cm³/mol. The van der Waals surface area contributed by atoms with Gasteiger partial charge in [-0.3, -0.25) is 4.79 Å². The molecular formula is C9H5BrFNO2. The third-order valence-electron chi connectivity index (χ3n) is 1.62. The number of phenolic OH excluding ortho intramolecular Hbond substituents is 1. The average molecular weight is 258 g/mol. The normalized spacial score (nSPS) is 9.50. The van der Waals surface area contributed by atoms with Crippen molar-refractivity contribution in [2.45, 2.75) is 0 Å². The molecule has 0 saturated carbocycles. The molecule has 1 N–H and O–H groups in total. The Labute approximate surface area is 87.9 Å². The van der Waals surface area contributed by atoms with E-state index in [9.17, 15) is 14.3 Å². The van der Waals surface area contributed by atoms with Crippen LogP contribution in [0.4, 0.5) is 4.39 Å². The maximum Gasteiger partial charge on any atom is 0.177 e. The summed E-state index contributed by atoms with van der Waals surface area (Å²) >= 11 is 2.89. The van der Waals surface area contributed by atoms with Crippen LogP contribution >= 0.6 is 15.9 Å². The predicted octanol–water partition coefficient (Wildman–Crippen LogP) is 1.98. The summed E-state index contributed by atoms with van der Waals surface area (Å²) in [6.07, 6.45) is 0. The first-order chi connectivity index (χ1) is 6.60. The molecule has 0 aromatic heterocycles. The summed E-state index contributed by atoms with van der Waals surface area (Å²) in [7, 11) is 0. The van der Waals surface area contributed by atoms with Crippen molar-refractivity contribution < 1.29 is 14.3 Å². The highest BCUT2D eigenvalue weighted by Crippen LogP contribution is 2.24. The molecule has 0 radical (unpaired) electrons. The van der Waals surface area contributed by atoms with Gasteiger partial charge in [0.05, 0.1) is 16.5 Å². The molecule has 0 unspecified atom stereocenters. The summed E-state index contributed by atoms with van der Waals surface area (Å²) in [5.41, 5.74) is -0.423. The monoisotopic (exact) mass is 257 g/mol. The lowest BCUT2D eigenvalue weighted by molar-refractivity contribution is 0.102. The molecular weight excluding hydrogens is 253 g/mol. The number of hydrogen-bond donors (Lipinski definition) is 1. The van der Waals surface area contributed by atoms with Gasteiger partial charge in [-0.1, -0.05) is 15.9 Å². The fourth-order valence-electron chi connectivity index (χ4n) is 0.969. The van der Waals surface area contributed by atoms with Gasteiger partial charge in [-0.25, -0.2) is 4.39 Å². The van der Waals surface area contributed by atoms with Crippen molar-refractivity contribution in [2.24, 2.45) is 0 Å². The second-order valence-corrected chi connectivity index (χ2v) is 3.08. The maximum atomic E-state index is 12.9. The molecule has 1 rings (SSSR count). The van der Waals surface area contributed by atoms with Gasteiger partial charge < -0.3 is 5.11 Å². The van der Waals surface area contributed by atoms with E-state index in [0.717, 1.165) is 12.1 Å². The molecule has 0 aliphatic heterocycles. The van der Waals surface area contributed by atoms with Gasteiger partial charge in [-0.15, -0.1) is 0 Å². The number of carbonyl (C=O) groups is 1. The van der Waals surface area contributed by atoms with Gasteiger partial charge in [0.25, 0.3) is 0 Å². The highest BCUT2D eigenvalue weighted by molar-refractivity contribution is 9.09. The second kappa shape index (κ2) is 4.20. The zero-order valence-corrected chi connectivity index (χ0v) is 8.51. The zero-order valence-electron chi connectivity index (χ0n) is 6.92. The number of alkyl halides is 1. The van der Waals surface area contributed by atoms with Crippen molar-refractivity contribution in [1.82, 2.24) is 0 Å². The highest BCUT2D eigenvalue weighted by atomic mass is 79.9. The molecule has 0 aliphatic rings. The van der Waals surface area contributed by atoms with E-state index < -0.39 is 17.3 Å². The summed E-state index contributed by atoms with van der Waals surface area (Å²) < 4.78 is 12.9. The van der Waals surface area contributed by atoms with Crippen molar-refractivity contribution in [2.75, 3.05) is 5.33 Å². The van der Waals surface area contributed by atoms with E-state index in [-0.39, 0.29) is 16.5 Å². The number of halogens is 2. The molecule has 1 aromatic rings. The quantitative estimate of drug-likeness (QED) is 0.651. The fourth-order valence-corrected chi connectivity index (χ4v) is 1.27. The molecule has 0 amide bonds. The van der Waals surface area contributed by atoms with Crippen molar-refractivity contribution in [3.63, 3.8) is 0 Å². The maximum absolute atomic E-state index is 12.9. The van der Waals surface area contributed by atoms with Crippen molar-refractivity contribution >= 4 is 21.7 Å². The van der Waals surface area contributed by atoms with Crippen molar-refractivity contribution in [3.8, 4) is 11.8 Å². The Morgan fingerprint density at radius 1 is 1.64 bits per heavy atom. The number of nitrogens with zero attached hydrogens (tertiary/aromatic N) is 1. The fraction of sp³-hybridized carbons (Fsp3) is 0.111. The van der Waals surface area contributed by atoms with Gasteiger partial charge in [0, 0.05) is 0 Å². The molecule has 0 spiro atoms. The van der Waals surface area contributed by atoms with Gasteiger partial charge in [0.2, 0.25) is 0 Å². The second-order valence-electron chi connectivity index (χ2n) is 2.52. The van der Waals surface area contributed by atoms with Crippen LogP contribution in [0.3, 0.4) is 0 Å². The molecule has 0 heterocycles. The number of nitriles is 1. The van der Waals surface area contributed by atoms with Gasteiger partial charge in [0.1, 0.15) is 17.6 Å². The number of ketones is 1. The van der Waals surface area contributed by atoms with E-state index in [0.29, 0.717) is 0 Å². The number of rotatable bonds is 2. The minimum atomic E-state index is -0.719. The molecule has 0 aliphatic carbocycles. The van der Waals surface area contributed by atoms with Gasteiger partial charge in [0.15, 0.2) is 5.78 Å². The molecule has 0 fully saturated rings. The van der Waals surface area contributed by atoms with Gasteiger partial charge >= 0.3 is 0 Å². The summed E-state index contributed by atoms with van der Waals surface area (Å²) in [6.45, 7) is 0. The summed E-state index contributed by atoms with van der Waals surface area (Å²) in [5.74, 6) is -1.67. The van der Waals surface area contributed by atoms with E-state index in [1.165, 1.54) is 0 Å². The molecule has 1 aromatic carbocycles. The molecule has 14 heavy (non-hydrogen) atoms. The molecule has 0 bridgehead atoms. The van der Waals surface area contributed by atoms with Crippen LogP contribution in [0.25, 0.3) is 0 Å². The minimum Gasteiger partial charge on any atom is -0.506 e. The standard InChI is InChI=1S/C9H5BrFNO2/c10-3-8(13)7-2-6(11)1-5(4-12)9(7)14/h1-2,14H,3H2. The lowest BCUT2D eigenvalue weighted by Gasteiger charge is -2.03. The highest BCUT2D eigenvalue weighted by Gasteiger charge is 2.15. The largest absolute Gasteiger partial charge is 0.506 e. The number of phenols is 1.